The third kappa shape index (κ3) is 3.46. The van der Waals surface area contributed by atoms with Gasteiger partial charge in [-0.05, 0) is 48.3 Å². The highest BCUT2D eigenvalue weighted by atomic mass is 79.9. The van der Waals surface area contributed by atoms with Crippen LogP contribution >= 0.6 is 27.5 Å². The number of amides is 1. The third-order valence-corrected chi connectivity index (χ3v) is 3.85. The van der Waals surface area contributed by atoms with Gasteiger partial charge in [0.15, 0.2) is 0 Å². The number of halogens is 2. The summed E-state index contributed by atoms with van der Waals surface area (Å²) in [5.74, 6) is 0.476. The van der Waals surface area contributed by atoms with Crippen molar-refractivity contribution in [3.63, 3.8) is 0 Å². The van der Waals surface area contributed by atoms with Crippen molar-refractivity contribution in [2.45, 2.75) is 26.8 Å². The molecule has 17 heavy (non-hydrogen) atoms. The molecule has 1 aromatic rings. The topological polar surface area (TPSA) is 20.3 Å². The van der Waals surface area contributed by atoms with Crippen LogP contribution in [-0.4, -0.2) is 29.3 Å². The van der Waals surface area contributed by atoms with E-state index >= 15 is 0 Å². The summed E-state index contributed by atoms with van der Waals surface area (Å²) in [7, 11) is 0. The molecule has 4 heteroatoms. The lowest BCUT2D eigenvalue weighted by molar-refractivity contribution is 0.0717. The maximum atomic E-state index is 12.4. The molecule has 0 saturated heterocycles. The molecule has 1 amide bonds. The van der Waals surface area contributed by atoms with Crippen molar-refractivity contribution < 1.29 is 4.79 Å². The lowest BCUT2D eigenvalue weighted by Crippen LogP contribution is -2.38. The zero-order valence-corrected chi connectivity index (χ0v) is 12.7. The number of rotatable bonds is 4. The van der Waals surface area contributed by atoms with Crippen LogP contribution in [0, 0.1) is 6.92 Å². The Balaban J connectivity index is 3.05. The fourth-order valence-corrected chi connectivity index (χ4v) is 2.27. The van der Waals surface area contributed by atoms with E-state index < -0.39 is 0 Å². The zero-order chi connectivity index (χ0) is 13.0. The number of hydrogen-bond acceptors (Lipinski definition) is 1. The SMILES string of the molecule is Cc1cccc(C(=O)N(CCCl)C(C)C)c1Br. The van der Waals surface area contributed by atoms with Crippen molar-refractivity contribution in [1.29, 1.82) is 0 Å². The summed E-state index contributed by atoms with van der Waals surface area (Å²) >= 11 is 9.21. The number of benzene rings is 1. The van der Waals surface area contributed by atoms with E-state index in [1.807, 2.05) is 39.0 Å². The van der Waals surface area contributed by atoms with E-state index in [1.54, 1.807) is 4.90 Å². The van der Waals surface area contributed by atoms with Gasteiger partial charge in [-0.2, -0.15) is 0 Å². The Hall–Kier alpha value is -0.540. The van der Waals surface area contributed by atoms with Gasteiger partial charge in [-0.25, -0.2) is 0 Å². The molecule has 0 saturated carbocycles. The average molecular weight is 319 g/mol. The molecule has 0 spiro atoms. The second kappa shape index (κ2) is 6.41. The van der Waals surface area contributed by atoms with Crippen LogP contribution in [0.5, 0.6) is 0 Å². The fraction of sp³-hybridized carbons (Fsp3) is 0.462. The van der Waals surface area contributed by atoms with E-state index in [0.717, 1.165) is 10.0 Å². The number of alkyl halides is 1. The van der Waals surface area contributed by atoms with Crippen LogP contribution in [0.2, 0.25) is 0 Å². The minimum absolute atomic E-state index is 0.0243. The first-order chi connectivity index (χ1) is 7.99. The minimum Gasteiger partial charge on any atom is -0.335 e. The molecule has 0 aliphatic heterocycles. The van der Waals surface area contributed by atoms with Crippen molar-refractivity contribution in [2.75, 3.05) is 12.4 Å². The highest BCUT2D eigenvalue weighted by molar-refractivity contribution is 9.10. The predicted octanol–water partition coefficient (Wildman–Crippen LogP) is 3.85. The van der Waals surface area contributed by atoms with Crippen molar-refractivity contribution in [3.8, 4) is 0 Å². The van der Waals surface area contributed by atoms with E-state index in [4.69, 9.17) is 11.6 Å². The molecule has 0 atom stereocenters. The van der Waals surface area contributed by atoms with Crippen LogP contribution in [0.25, 0.3) is 0 Å². The van der Waals surface area contributed by atoms with Gasteiger partial charge in [-0.1, -0.05) is 12.1 Å². The fourth-order valence-electron chi connectivity index (χ4n) is 1.65. The Bertz CT molecular complexity index is 406. The minimum atomic E-state index is 0.0243. The molecule has 0 aromatic heterocycles. The molecular weight excluding hydrogens is 302 g/mol. The molecule has 1 aromatic carbocycles. The van der Waals surface area contributed by atoms with Gasteiger partial charge in [-0.15, -0.1) is 11.6 Å². The Morgan fingerprint density at radius 1 is 1.47 bits per heavy atom. The first kappa shape index (κ1) is 14.5. The molecule has 2 nitrogen and oxygen atoms in total. The quantitative estimate of drug-likeness (QED) is 0.772. The van der Waals surface area contributed by atoms with Gasteiger partial charge in [0.2, 0.25) is 0 Å². The van der Waals surface area contributed by atoms with E-state index in [1.165, 1.54) is 0 Å². The maximum absolute atomic E-state index is 12.4. The highest BCUT2D eigenvalue weighted by Gasteiger charge is 2.20. The second-order valence-electron chi connectivity index (χ2n) is 4.22. The summed E-state index contributed by atoms with van der Waals surface area (Å²) in [4.78, 5) is 14.2. The Morgan fingerprint density at radius 2 is 2.12 bits per heavy atom. The Morgan fingerprint density at radius 3 is 2.65 bits per heavy atom. The first-order valence-electron chi connectivity index (χ1n) is 5.61. The summed E-state index contributed by atoms with van der Waals surface area (Å²) in [6, 6.07) is 5.85. The van der Waals surface area contributed by atoms with Crippen LogP contribution in [0.4, 0.5) is 0 Å². The molecular formula is C13H17BrClNO. The number of aryl methyl sites for hydroxylation is 1. The Kier molecular flexibility index (Phi) is 5.47. The Labute approximate surface area is 116 Å². The summed E-state index contributed by atoms with van der Waals surface area (Å²) in [5, 5.41) is 0. The van der Waals surface area contributed by atoms with E-state index in [0.29, 0.717) is 18.0 Å². The van der Waals surface area contributed by atoms with Gasteiger partial charge in [0.25, 0.3) is 5.91 Å². The van der Waals surface area contributed by atoms with Gasteiger partial charge in [0.1, 0.15) is 0 Å². The largest absolute Gasteiger partial charge is 0.335 e. The lowest BCUT2D eigenvalue weighted by atomic mass is 10.1. The average Bonchev–Trinajstić information content (AvgIpc) is 2.28. The molecule has 94 valence electrons. The number of carbonyl (C=O) groups excluding carboxylic acids is 1. The van der Waals surface area contributed by atoms with Crippen molar-refractivity contribution in [3.05, 3.63) is 33.8 Å². The summed E-state index contributed by atoms with van der Waals surface area (Å²) in [6.07, 6.45) is 0. The first-order valence-corrected chi connectivity index (χ1v) is 6.93. The summed E-state index contributed by atoms with van der Waals surface area (Å²) < 4.78 is 0.866. The summed E-state index contributed by atoms with van der Waals surface area (Å²) in [5.41, 5.74) is 1.76. The maximum Gasteiger partial charge on any atom is 0.255 e. The van der Waals surface area contributed by atoms with Gasteiger partial charge >= 0.3 is 0 Å². The molecule has 0 unspecified atom stereocenters. The van der Waals surface area contributed by atoms with Crippen LogP contribution in [0.3, 0.4) is 0 Å². The van der Waals surface area contributed by atoms with Crippen molar-refractivity contribution in [1.82, 2.24) is 4.90 Å². The number of nitrogens with zero attached hydrogens (tertiary/aromatic N) is 1. The number of hydrogen-bond donors (Lipinski definition) is 0. The molecule has 0 fully saturated rings. The van der Waals surface area contributed by atoms with Gasteiger partial charge in [0.05, 0.1) is 5.56 Å². The number of carbonyl (C=O) groups is 1. The van der Waals surface area contributed by atoms with Gasteiger partial charge in [-0.3, -0.25) is 4.79 Å². The normalized spacial score (nSPS) is 10.7. The molecule has 0 aliphatic carbocycles. The monoisotopic (exact) mass is 317 g/mol. The lowest BCUT2D eigenvalue weighted by Gasteiger charge is -2.26. The van der Waals surface area contributed by atoms with Crippen LogP contribution in [0.15, 0.2) is 22.7 Å². The zero-order valence-electron chi connectivity index (χ0n) is 10.3. The van der Waals surface area contributed by atoms with Crippen molar-refractivity contribution in [2.24, 2.45) is 0 Å². The van der Waals surface area contributed by atoms with Crippen molar-refractivity contribution >= 4 is 33.4 Å². The van der Waals surface area contributed by atoms with Gasteiger partial charge < -0.3 is 4.90 Å². The molecule has 0 radical (unpaired) electrons. The van der Waals surface area contributed by atoms with Crippen LogP contribution in [-0.2, 0) is 0 Å². The van der Waals surface area contributed by atoms with E-state index in [2.05, 4.69) is 15.9 Å². The molecule has 0 aliphatic rings. The molecule has 0 N–H and O–H groups in total. The molecule has 0 bridgehead atoms. The van der Waals surface area contributed by atoms with E-state index in [-0.39, 0.29) is 11.9 Å². The molecule has 0 heterocycles. The summed E-state index contributed by atoms with van der Waals surface area (Å²) in [6.45, 7) is 6.53. The van der Waals surface area contributed by atoms with E-state index in [9.17, 15) is 4.79 Å². The second-order valence-corrected chi connectivity index (χ2v) is 5.39. The standard InChI is InChI=1S/C13H17BrClNO/c1-9(2)16(8-7-15)13(17)11-6-4-5-10(3)12(11)14/h4-6,9H,7-8H2,1-3H3. The highest BCUT2D eigenvalue weighted by Crippen LogP contribution is 2.23. The smallest absolute Gasteiger partial charge is 0.255 e. The molecule has 1 rings (SSSR count). The van der Waals surface area contributed by atoms with Crippen LogP contribution < -0.4 is 0 Å². The predicted molar refractivity (Wildman–Crippen MR) is 75.8 cm³/mol. The van der Waals surface area contributed by atoms with Crippen LogP contribution in [0.1, 0.15) is 29.8 Å². The van der Waals surface area contributed by atoms with Gasteiger partial charge in [0, 0.05) is 22.9 Å². The third-order valence-electron chi connectivity index (χ3n) is 2.63.